The highest BCUT2D eigenvalue weighted by atomic mass is 32.1. The van der Waals surface area contributed by atoms with E-state index < -0.39 is 0 Å². The first kappa shape index (κ1) is 18.6. The number of aromatic nitrogens is 1. The zero-order valence-electron chi connectivity index (χ0n) is 15.9. The Morgan fingerprint density at radius 2 is 1.78 bits per heavy atom. The molecule has 5 nitrogen and oxygen atoms in total. The van der Waals surface area contributed by atoms with Crippen LogP contribution in [0.3, 0.4) is 0 Å². The van der Waals surface area contributed by atoms with Crippen molar-refractivity contribution < 1.29 is 4.79 Å². The highest BCUT2D eigenvalue weighted by Gasteiger charge is 2.37. The van der Waals surface area contributed by atoms with Crippen molar-refractivity contribution in [3.05, 3.63) is 47.0 Å². The molecule has 2 aliphatic heterocycles. The summed E-state index contributed by atoms with van der Waals surface area (Å²) in [7, 11) is 0. The molecule has 144 valence electrons. The van der Waals surface area contributed by atoms with Gasteiger partial charge >= 0.3 is 0 Å². The zero-order valence-corrected chi connectivity index (χ0v) is 16.8. The van der Waals surface area contributed by atoms with Crippen LogP contribution in [0.15, 0.2) is 35.7 Å². The van der Waals surface area contributed by atoms with E-state index in [1.807, 2.05) is 0 Å². The first-order valence-corrected chi connectivity index (χ1v) is 10.8. The van der Waals surface area contributed by atoms with Gasteiger partial charge in [0, 0.05) is 37.5 Å². The van der Waals surface area contributed by atoms with E-state index in [4.69, 9.17) is 0 Å². The van der Waals surface area contributed by atoms with Gasteiger partial charge in [-0.25, -0.2) is 4.98 Å². The molecule has 0 aliphatic carbocycles. The topological polar surface area (TPSA) is 48.5 Å². The number of rotatable bonds is 6. The predicted molar refractivity (Wildman–Crippen MR) is 110 cm³/mol. The standard InChI is InChI=1S/C21H28N4OS/c1-16(26)22-21-23-18(15-27-21)14-25-12-6-10-20(25)19-9-5-11-24(19)13-17-7-3-2-4-8-17/h2-4,7-8,15,19-20H,5-6,9-14H2,1H3,(H,22,23,26)/t19-,20-/m0/s1. The molecule has 0 unspecified atom stereocenters. The molecule has 4 rings (SSSR count). The van der Waals surface area contributed by atoms with Crippen molar-refractivity contribution in [2.24, 2.45) is 0 Å². The van der Waals surface area contributed by atoms with E-state index in [9.17, 15) is 4.79 Å². The molecule has 1 aromatic heterocycles. The quantitative estimate of drug-likeness (QED) is 0.824. The monoisotopic (exact) mass is 384 g/mol. The van der Waals surface area contributed by atoms with Gasteiger partial charge in [0.1, 0.15) is 0 Å². The second-order valence-electron chi connectivity index (χ2n) is 7.67. The minimum atomic E-state index is -0.0579. The molecule has 2 saturated heterocycles. The average Bonchev–Trinajstić information content (AvgIpc) is 3.37. The Bertz CT molecular complexity index is 763. The van der Waals surface area contributed by atoms with Crippen molar-refractivity contribution in [2.45, 2.75) is 57.8 Å². The molecular formula is C21H28N4OS. The fourth-order valence-corrected chi connectivity index (χ4v) is 5.33. The molecule has 0 radical (unpaired) electrons. The summed E-state index contributed by atoms with van der Waals surface area (Å²) in [6, 6.07) is 12.1. The van der Waals surface area contributed by atoms with Crippen molar-refractivity contribution in [1.29, 1.82) is 0 Å². The smallest absolute Gasteiger partial charge is 0.223 e. The Labute approximate surface area is 165 Å². The van der Waals surface area contributed by atoms with Crippen LogP contribution in [0.4, 0.5) is 5.13 Å². The van der Waals surface area contributed by atoms with Crippen LogP contribution in [0.2, 0.25) is 0 Å². The van der Waals surface area contributed by atoms with Crippen LogP contribution in [0.5, 0.6) is 0 Å². The molecule has 1 amide bonds. The van der Waals surface area contributed by atoms with Crippen molar-refractivity contribution >= 4 is 22.4 Å². The molecule has 2 atom stereocenters. The molecule has 0 saturated carbocycles. The molecule has 27 heavy (non-hydrogen) atoms. The van der Waals surface area contributed by atoms with Crippen LogP contribution in [0.1, 0.15) is 43.9 Å². The van der Waals surface area contributed by atoms with Gasteiger partial charge in [-0.15, -0.1) is 11.3 Å². The first-order chi connectivity index (χ1) is 13.2. The van der Waals surface area contributed by atoms with E-state index in [1.54, 1.807) is 0 Å². The molecule has 2 aliphatic rings. The van der Waals surface area contributed by atoms with Crippen LogP contribution >= 0.6 is 11.3 Å². The van der Waals surface area contributed by atoms with Gasteiger partial charge in [0.25, 0.3) is 0 Å². The highest BCUT2D eigenvalue weighted by Crippen LogP contribution is 2.32. The molecular weight excluding hydrogens is 356 g/mol. The molecule has 3 heterocycles. The van der Waals surface area contributed by atoms with Crippen LogP contribution in [-0.4, -0.2) is 45.9 Å². The molecule has 1 N–H and O–H groups in total. The number of benzene rings is 1. The Hall–Kier alpha value is -1.76. The number of amides is 1. The fraction of sp³-hybridized carbons (Fsp3) is 0.524. The first-order valence-electron chi connectivity index (χ1n) is 9.93. The number of anilines is 1. The largest absolute Gasteiger partial charge is 0.302 e. The number of likely N-dealkylation sites (tertiary alicyclic amines) is 2. The third-order valence-electron chi connectivity index (χ3n) is 5.70. The number of nitrogens with one attached hydrogen (secondary N) is 1. The molecule has 1 aromatic carbocycles. The van der Waals surface area contributed by atoms with E-state index >= 15 is 0 Å². The lowest BCUT2D eigenvalue weighted by molar-refractivity contribution is -0.114. The summed E-state index contributed by atoms with van der Waals surface area (Å²) in [5.41, 5.74) is 2.48. The van der Waals surface area contributed by atoms with Gasteiger partial charge in [0.2, 0.25) is 5.91 Å². The van der Waals surface area contributed by atoms with Crippen molar-refractivity contribution in [3.63, 3.8) is 0 Å². The summed E-state index contributed by atoms with van der Waals surface area (Å²) >= 11 is 1.52. The van der Waals surface area contributed by atoms with E-state index in [0.717, 1.165) is 25.3 Å². The van der Waals surface area contributed by atoms with Crippen molar-refractivity contribution in [2.75, 3.05) is 18.4 Å². The van der Waals surface area contributed by atoms with Crippen LogP contribution in [-0.2, 0) is 17.9 Å². The minimum Gasteiger partial charge on any atom is -0.302 e. The van der Waals surface area contributed by atoms with Gasteiger partial charge in [-0.1, -0.05) is 30.3 Å². The lowest BCUT2D eigenvalue weighted by atomic mass is 10.0. The number of nitrogens with zero attached hydrogens (tertiary/aromatic N) is 3. The lowest BCUT2D eigenvalue weighted by Crippen LogP contribution is -2.45. The van der Waals surface area contributed by atoms with Crippen molar-refractivity contribution in [1.82, 2.24) is 14.8 Å². The Morgan fingerprint density at radius 1 is 1.11 bits per heavy atom. The summed E-state index contributed by atoms with van der Waals surface area (Å²) < 4.78 is 0. The third-order valence-corrected chi connectivity index (χ3v) is 6.51. The van der Waals surface area contributed by atoms with E-state index in [2.05, 4.69) is 55.8 Å². The molecule has 6 heteroatoms. The van der Waals surface area contributed by atoms with Crippen LogP contribution < -0.4 is 5.32 Å². The number of hydrogen-bond donors (Lipinski definition) is 1. The molecule has 0 spiro atoms. The summed E-state index contributed by atoms with van der Waals surface area (Å²) in [6.45, 7) is 5.81. The minimum absolute atomic E-state index is 0.0579. The Morgan fingerprint density at radius 3 is 2.44 bits per heavy atom. The maximum absolute atomic E-state index is 11.2. The van der Waals surface area contributed by atoms with Gasteiger partial charge in [0.15, 0.2) is 5.13 Å². The summed E-state index contributed by atoms with van der Waals surface area (Å²) in [5.74, 6) is -0.0579. The number of carbonyl (C=O) groups excluding carboxylic acids is 1. The SMILES string of the molecule is CC(=O)Nc1nc(CN2CCC[C@H]2[C@@H]2CCCN2Cc2ccccc2)cs1. The van der Waals surface area contributed by atoms with Gasteiger partial charge in [-0.2, -0.15) is 0 Å². The molecule has 2 fully saturated rings. The zero-order chi connectivity index (χ0) is 18.6. The molecule has 0 bridgehead atoms. The van der Waals surface area contributed by atoms with E-state index in [0.29, 0.717) is 17.2 Å². The molecule has 2 aromatic rings. The summed E-state index contributed by atoms with van der Waals surface area (Å²) in [5, 5.41) is 5.58. The highest BCUT2D eigenvalue weighted by molar-refractivity contribution is 7.13. The van der Waals surface area contributed by atoms with Crippen LogP contribution in [0, 0.1) is 0 Å². The maximum Gasteiger partial charge on any atom is 0.223 e. The summed E-state index contributed by atoms with van der Waals surface area (Å²) in [6.07, 6.45) is 5.13. The lowest BCUT2D eigenvalue weighted by Gasteiger charge is -2.35. The maximum atomic E-state index is 11.2. The normalized spacial score (nSPS) is 23.7. The third kappa shape index (κ3) is 4.57. The Balaban J connectivity index is 1.41. The van der Waals surface area contributed by atoms with Gasteiger partial charge in [-0.05, 0) is 44.3 Å². The summed E-state index contributed by atoms with van der Waals surface area (Å²) in [4.78, 5) is 21.1. The predicted octanol–water partition coefficient (Wildman–Crippen LogP) is 3.73. The van der Waals surface area contributed by atoms with Gasteiger partial charge in [0.05, 0.1) is 5.69 Å². The van der Waals surface area contributed by atoms with Crippen LogP contribution in [0.25, 0.3) is 0 Å². The van der Waals surface area contributed by atoms with E-state index in [-0.39, 0.29) is 5.91 Å². The fourth-order valence-electron chi connectivity index (χ4n) is 4.58. The van der Waals surface area contributed by atoms with Crippen molar-refractivity contribution in [3.8, 4) is 0 Å². The van der Waals surface area contributed by atoms with Gasteiger partial charge < -0.3 is 5.32 Å². The number of carbonyl (C=O) groups is 1. The Kier molecular flexibility index (Phi) is 5.86. The average molecular weight is 385 g/mol. The number of thiazole rings is 1. The van der Waals surface area contributed by atoms with Gasteiger partial charge in [-0.3, -0.25) is 14.6 Å². The number of hydrogen-bond acceptors (Lipinski definition) is 5. The van der Waals surface area contributed by atoms with E-state index in [1.165, 1.54) is 56.1 Å². The second-order valence-corrected chi connectivity index (χ2v) is 8.53. The second kappa shape index (κ2) is 8.50.